The number of nitrogens with zero attached hydrogens (tertiary/aromatic N) is 4. The molecule has 1 aliphatic carbocycles. The predicted molar refractivity (Wildman–Crippen MR) is 241 cm³/mol. The molecule has 0 aliphatic heterocycles. The first-order valence-electron chi connectivity index (χ1n) is 20.1. The Kier molecular flexibility index (Phi) is 7.20. The Balaban J connectivity index is 1.06. The SMILES string of the molecule is CC1(C)c2ccccc2-c2ccc3c(c21)c1ccc2c4ccccc4oc2c1n3-c1cccc(-c2cccc(-c3nc(-c4ccccc4)nc(-c4ccccc4)n3)c2)c1. The summed E-state index contributed by atoms with van der Waals surface area (Å²) in [5, 5.41) is 4.69. The topological polar surface area (TPSA) is 56.7 Å². The molecule has 0 bridgehead atoms. The summed E-state index contributed by atoms with van der Waals surface area (Å²) in [6.07, 6.45) is 0. The molecule has 0 unspecified atom stereocenters. The molecular formula is C54H36N4O. The lowest BCUT2D eigenvalue weighted by atomic mass is 9.80. The number of para-hydroxylation sites is 1. The smallest absolute Gasteiger partial charge is 0.164 e. The van der Waals surface area contributed by atoms with Crippen molar-refractivity contribution in [2.75, 3.05) is 0 Å². The number of furan rings is 1. The maximum absolute atomic E-state index is 6.81. The van der Waals surface area contributed by atoms with E-state index in [1.807, 2.05) is 66.7 Å². The lowest BCUT2D eigenvalue weighted by Gasteiger charge is -2.22. The molecule has 8 aromatic carbocycles. The third-order valence-corrected chi connectivity index (χ3v) is 12.2. The summed E-state index contributed by atoms with van der Waals surface area (Å²) in [6.45, 7) is 4.73. The highest BCUT2D eigenvalue weighted by molar-refractivity contribution is 6.23. The van der Waals surface area contributed by atoms with Crippen molar-refractivity contribution in [1.29, 1.82) is 0 Å². The monoisotopic (exact) mass is 756 g/mol. The maximum Gasteiger partial charge on any atom is 0.164 e. The molecule has 0 N–H and O–H groups in total. The van der Waals surface area contributed by atoms with Crippen molar-refractivity contribution >= 4 is 43.7 Å². The molecule has 278 valence electrons. The van der Waals surface area contributed by atoms with Gasteiger partial charge in [0.15, 0.2) is 23.1 Å². The quantitative estimate of drug-likeness (QED) is 0.175. The summed E-state index contributed by atoms with van der Waals surface area (Å²) < 4.78 is 9.24. The van der Waals surface area contributed by atoms with Gasteiger partial charge in [-0.1, -0.05) is 159 Å². The summed E-state index contributed by atoms with van der Waals surface area (Å²) in [5.74, 6) is 1.91. The molecular weight excluding hydrogens is 721 g/mol. The summed E-state index contributed by atoms with van der Waals surface area (Å²) >= 11 is 0. The minimum atomic E-state index is -0.189. The first-order chi connectivity index (χ1) is 29.0. The van der Waals surface area contributed by atoms with Gasteiger partial charge in [-0.2, -0.15) is 0 Å². The molecule has 11 aromatic rings. The Morgan fingerprint density at radius 2 is 1.05 bits per heavy atom. The molecule has 59 heavy (non-hydrogen) atoms. The van der Waals surface area contributed by atoms with Crippen LogP contribution in [0.3, 0.4) is 0 Å². The second kappa shape index (κ2) is 12.7. The van der Waals surface area contributed by atoms with Gasteiger partial charge in [0.2, 0.25) is 0 Å². The first kappa shape index (κ1) is 33.5. The predicted octanol–water partition coefficient (Wildman–Crippen LogP) is 13.8. The van der Waals surface area contributed by atoms with Crippen LogP contribution >= 0.6 is 0 Å². The molecule has 3 heterocycles. The van der Waals surface area contributed by atoms with Crippen LogP contribution in [0.5, 0.6) is 0 Å². The molecule has 0 amide bonds. The van der Waals surface area contributed by atoms with Gasteiger partial charge in [-0.05, 0) is 69.8 Å². The van der Waals surface area contributed by atoms with Crippen LogP contribution in [-0.4, -0.2) is 19.5 Å². The third-order valence-electron chi connectivity index (χ3n) is 12.2. The van der Waals surface area contributed by atoms with Crippen LogP contribution < -0.4 is 0 Å². The molecule has 0 saturated carbocycles. The zero-order valence-corrected chi connectivity index (χ0v) is 32.5. The fourth-order valence-electron chi connectivity index (χ4n) is 9.51. The highest BCUT2D eigenvalue weighted by Crippen LogP contribution is 2.54. The summed E-state index contributed by atoms with van der Waals surface area (Å²) in [7, 11) is 0. The summed E-state index contributed by atoms with van der Waals surface area (Å²) in [5.41, 5.74) is 15.2. The van der Waals surface area contributed by atoms with Crippen molar-refractivity contribution in [3.63, 3.8) is 0 Å². The van der Waals surface area contributed by atoms with E-state index in [0.717, 1.165) is 66.5 Å². The minimum Gasteiger partial charge on any atom is -0.454 e. The normalized spacial score (nSPS) is 13.1. The summed E-state index contributed by atoms with van der Waals surface area (Å²) in [4.78, 5) is 15.0. The molecule has 5 nitrogen and oxygen atoms in total. The van der Waals surface area contributed by atoms with E-state index in [9.17, 15) is 0 Å². The van der Waals surface area contributed by atoms with Crippen molar-refractivity contribution in [3.8, 4) is 62.1 Å². The second-order valence-corrected chi connectivity index (χ2v) is 16.0. The number of rotatable bonds is 5. The Morgan fingerprint density at radius 3 is 1.81 bits per heavy atom. The molecule has 12 rings (SSSR count). The van der Waals surface area contributed by atoms with Crippen LogP contribution in [0, 0.1) is 0 Å². The molecule has 0 atom stereocenters. The highest BCUT2D eigenvalue weighted by atomic mass is 16.3. The van der Waals surface area contributed by atoms with Gasteiger partial charge in [-0.3, -0.25) is 0 Å². The molecule has 0 radical (unpaired) electrons. The fourth-order valence-corrected chi connectivity index (χ4v) is 9.51. The molecule has 0 spiro atoms. The van der Waals surface area contributed by atoms with Gasteiger partial charge in [-0.25, -0.2) is 15.0 Å². The number of fused-ring (bicyclic) bond motifs is 11. The maximum atomic E-state index is 6.81. The van der Waals surface area contributed by atoms with Crippen molar-refractivity contribution < 1.29 is 4.42 Å². The van der Waals surface area contributed by atoms with Gasteiger partial charge >= 0.3 is 0 Å². The van der Waals surface area contributed by atoms with Crippen LogP contribution in [-0.2, 0) is 5.41 Å². The number of hydrogen-bond donors (Lipinski definition) is 0. The third kappa shape index (κ3) is 5.08. The van der Waals surface area contributed by atoms with Crippen LogP contribution in [0.1, 0.15) is 25.0 Å². The van der Waals surface area contributed by atoms with E-state index in [1.54, 1.807) is 0 Å². The van der Waals surface area contributed by atoms with Crippen LogP contribution in [0.4, 0.5) is 0 Å². The van der Waals surface area contributed by atoms with Gasteiger partial charge in [0.25, 0.3) is 0 Å². The van der Waals surface area contributed by atoms with Crippen LogP contribution in [0.15, 0.2) is 186 Å². The first-order valence-corrected chi connectivity index (χ1v) is 20.1. The molecule has 0 fully saturated rings. The Morgan fingerprint density at radius 1 is 0.458 bits per heavy atom. The largest absolute Gasteiger partial charge is 0.454 e. The van der Waals surface area contributed by atoms with E-state index < -0.39 is 0 Å². The van der Waals surface area contributed by atoms with E-state index >= 15 is 0 Å². The van der Waals surface area contributed by atoms with Crippen molar-refractivity contribution in [1.82, 2.24) is 19.5 Å². The highest BCUT2D eigenvalue weighted by Gasteiger charge is 2.38. The molecule has 1 aliphatic rings. The van der Waals surface area contributed by atoms with Gasteiger partial charge in [0, 0.05) is 49.3 Å². The lowest BCUT2D eigenvalue weighted by molar-refractivity contribution is 0.666. The van der Waals surface area contributed by atoms with Crippen molar-refractivity contribution in [2.45, 2.75) is 19.3 Å². The lowest BCUT2D eigenvalue weighted by Crippen LogP contribution is -2.15. The average Bonchev–Trinajstić information content (AvgIpc) is 3.92. The number of hydrogen-bond acceptors (Lipinski definition) is 4. The zero-order chi connectivity index (χ0) is 39.2. The molecule has 5 heteroatoms. The van der Waals surface area contributed by atoms with E-state index in [-0.39, 0.29) is 5.41 Å². The standard InChI is InChI=1S/C54H36N4O/c1-54(2)44-25-11-9-23-39(44)41-29-30-45-47(48(41)54)43-28-27-42-40-24-10-12-26-46(40)59-50(42)49(43)58(45)38-22-14-20-36(32-38)35-19-13-21-37(31-35)53-56-51(33-15-5-3-6-16-33)55-52(57-53)34-17-7-4-8-18-34/h3-32H,1-2H3. The van der Waals surface area contributed by atoms with E-state index in [0.29, 0.717) is 17.5 Å². The second-order valence-electron chi connectivity index (χ2n) is 16.0. The Hall–Kier alpha value is -7.63. The van der Waals surface area contributed by atoms with Gasteiger partial charge < -0.3 is 8.98 Å². The molecule has 0 saturated heterocycles. The average molecular weight is 757 g/mol. The fraction of sp³-hybridized carbons (Fsp3) is 0.0556. The minimum absolute atomic E-state index is 0.189. The molecule has 3 aromatic heterocycles. The van der Waals surface area contributed by atoms with Gasteiger partial charge in [0.1, 0.15) is 5.58 Å². The Labute approximate surface area is 340 Å². The van der Waals surface area contributed by atoms with Gasteiger partial charge in [-0.15, -0.1) is 0 Å². The zero-order valence-electron chi connectivity index (χ0n) is 32.5. The van der Waals surface area contributed by atoms with Crippen molar-refractivity contribution in [2.24, 2.45) is 0 Å². The number of aromatic nitrogens is 4. The van der Waals surface area contributed by atoms with Crippen LogP contribution in [0.25, 0.3) is 106 Å². The Bertz CT molecular complexity index is 3410. The van der Waals surface area contributed by atoms with E-state index in [4.69, 9.17) is 19.4 Å². The summed E-state index contributed by atoms with van der Waals surface area (Å²) in [6, 6.07) is 64.0. The van der Waals surface area contributed by atoms with E-state index in [2.05, 4.69) is 134 Å². The number of benzene rings is 8. The van der Waals surface area contributed by atoms with Crippen molar-refractivity contribution in [3.05, 3.63) is 193 Å². The van der Waals surface area contributed by atoms with Gasteiger partial charge in [0.05, 0.1) is 11.0 Å². The van der Waals surface area contributed by atoms with Crippen LogP contribution in [0.2, 0.25) is 0 Å². The van der Waals surface area contributed by atoms with E-state index in [1.165, 1.54) is 33.0 Å².